The molecule has 0 spiro atoms. The van der Waals surface area contributed by atoms with E-state index >= 15 is 0 Å². The Morgan fingerprint density at radius 3 is 2.26 bits per heavy atom. The molecule has 0 radical (unpaired) electrons. The molecule has 7 heteroatoms. The Labute approximate surface area is 165 Å². The quantitative estimate of drug-likeness (QED) is 0.532. The molecule has 3 rings (SSSR count). The highest BCUT2D eigenvalue weighted by Crippen LogP contribution is 2.37. The van der Waals surface area contributed by atoms with Gasteiger partial charge in [-0.15, -0.1) is 0 Å². The number of halogens is 3. The van der Waals surface area contributed by atoms with E-state index in [1.807, 2.05) is 0 Å². The Kier molecular flexibility index (Phi) is 5.35. The molecule has 0 bridgehead atoms. The van der Waals surface area contributed by atoms with Gasteiger partial charge >= 0.3 is 5.97 Å². The first-order chi connectivity index (χ1) is 12.8. The Morgan fingerprint density at radius 2 is 1.70 bits per heavy atom. The molecular formula is C20H14Cl2FNO3. The highest BCUT2D eigenvalue weighted by molar-refractivity contribution is 6.35. The minimum atomic E-state index is -0.648. The fourth-order valence-corrected chi connectivity index (χ4v) is 3.40. The molecule has 0 unspecified atom stereocenters. The van der Waals surface area contributed by atoms with Crippen LogP contribution < -0.4 is 4.90 Å². The lowest BCUT2D eigenvalue weighted by Gasteiger charge is -2.18. The van der Waals surface area contributed by atoms with Gasteiger partial charge in [0.1, 0.15) is 5.82 Å². The number of anilines is 1. The Balaban J connectivity index is 2.15. The van der Waals surface area contributed by atoms with Gasteiger partial charge in [0.25, 0.3) is 5.91 Å². The molecule has 138 valence electrons. The van der Waals surface area contributed by atoms with Gasteiger partial charge in [0.05, 0.1) is 23.9 Å². The lowest BCUT2D eigenvalue weighted by atomic mass is 10.0. The van der Waals surface area contributed by atoms with E-state index in [1.54, 1.807) is 25.1 Å². The van der Waals surface area contributed by atoms with E-state index in [0.717, 1.165) is 0 Å². The zero-order valence-corrected chi connectivity index (χ0v) is 15.9. The van der Waals surface area contributed by atoms with Crippen molar-refractivity contribution >= 4 is 46.8 Å². The lowest BCUT2D eigenvalue weighted by molar-refractivity contribution is -0.136. The maximum Gasteiger partial charge on any atom is 0.340 e. The minimum Gasteiger partial charge on any atom is -0.465 e. The first kappa shape index (κ1) is 19.1. The van der Waals surface area contributed by atoms with Gasteiger partial charge in [0, 0.05) is 15.7 Å². The summed E-state index contributed by atoms with van der Waals surface area (Å²) in [7, 11) is 1.24. The number of benzene rings is 2. The smallest absolute Gasteiger partial charge is 0.340 e. The Morgan fingerprint density at radius 1 is 1.11 bits per heavy atom. The number of hydrogen-bond donors (Lipinski definition) is 0. The SMILES string of the molecule is COC(=O)C1=C(C)N(c2cc(Cl)cc(Cl)c2)C(=O)/C1=C\c1ccc(F)cc1. The van der Waals surface area contributed by atoms with E-state index in [4.69, 9.17) is 27.9 Å². The van der Waals surface area contributed by atoms with Gasteiger partial charge in [-0.1, -0.05) is 35.3 Å². The zero-order valence-electron chi connectivity index (χ0n) is 14.4. The maximum absolute atomic E-state index is 13.2. The standard InChI is InChI=1S/C20H14Cl2FNO3/c1-11-18(20(26)27-2)17(7-12-3-5-15(23)6-4-12)19(25)24(11)16-9-13(21)8-14(22)10-16/h3-10H,1-2H3/b17-7-. The first-order valence-electron chi connectivity index (χ1n) is 7.89. The minimum absolute atomic E-state index is 0.128. The molecule has 0 aromatic heterocycles. The van der Waals surface area contributed by atoms with Crippen molar-refractivity contribution in [2.45, 2.75) is 6.92 Å². The third-order valence-corrected chi connectivity index (χ3v) is 4.51. The van der Waals surface area contributed by atoms with Crippen LogP contribution in [0.25, 0.3) is 6.08 Å². The van der Waals surface area contributed by atoms with Gasteiger partial charge in [-0.05, 0) is 48.9 Å². The van der Waals surface area contributed by atoms with E-state index in [-0.39, 0.29) is 11.1 Å². The van der Waals surface area contributed by atoms with E-state index in [2.05, 4.69) is 0 Å². The summed E-state index contributed by atoms with van der Waals surface area (Å²) >= 11 is 12.1. The number of amides is 1. The van der Waals surface area contributed by atoms with E-state index < -0.39 is 17.7 Å². The van der Waals surface area contributed by atoms with Gasteiger partial charge in [-0.25, -0.2) is 9.18 Å². The average Bonchev–Trinajstić information content (AvgIpc) is 2.85. The topological polar surface area (TPSA) is 46.6 Å². The molecule has 0 saturated carbocycles. The molecule has 0 N–H and O–H groups in total. The van der Waals surface area contributed by atoms with Gasteiger partial charge in [-0.2, -0.15) is 0 Å². The summed E-state index contributed by atoms with van der Waals surface area (Å²) in [5.41, 5.74) is 1.65. The number of allylic oxidation sites excluding steroid dienone is 1. The van der Waals surface area contributed by atoms with Crippen LogP contribution in [0.2, 0.25) is 10.0 Å². The van der Waals surface area contributed by atoms with Crippen molar-refractivity contribution in [1.29, 1.82) is 0 Å². The summed E-state index contributed by atoms with van der Waals surface area (Å²) < 4.78 is 18.0. The van der Waals surface area contributed by atoms with Crippen LogP contribution in [0.5, 0.6) is 0 Å². The molecule has 1 amide bonds. The first-order valence-corrected chi connectivity index (χ1v) is 8.65. The fourth-order valence-electron chi connectivity index (χ4n) is 2.88. The summed E-state index contributed by atoms with van der Waals surface area (Å²) in [5, 5.41) is 0.711. The van der Waals surface area contributed by atoms with Crippen LogP contribution in [0, 0.1) is 5.82 Å². The van der Waals surface area contributed by atoms with Crippen molar-refractivity contribution in [3.8, 4) is 0 Å². The molecule has 1 aliphatic rings. The summed E-state index contributed by atoms with van der Waals surface area (Å²) in [4.78, 5) is 26.8. The second-order valence-corrected chi connectivity index (χ2v) is 6.70. The number of esters is 1. The predicted molar refractivity (Wildman–Crippen MR) is 103 cm³/mol. The molecular weight excluding hydrogens is 392 g/mol. The zero-order chi connectivity index (χ0) is 19.7. The maximum atomic E-state index is 13.2. The fraction of sp³-hybridized carbons (Fsp3) is 0.100. The molecule has 0 fully saturated rings. The highest BCUT2D eigenvalue weighted by Gasteiger charge is 2.38. The van der Waals surface area contributed by atoms with Gasteiger partial charge in [-0.3, -0.25) is 9.69 Å². The number of rotatable bonds is 3. The number of carbonyl (C=O) groups is 2. The van der Waals surface area contributed by atoms with Gasteiger partial charge in [0.15, 0.2) is 0 Å². The second-order valence-electron chi connectivity index (χ2n) is 5.83. The lowest BCUT2D eigenvalue weighted by Crippen LogP contribution is -2.24. The van der Waals surface area contributed by atoms with Crippen molar-refractivity contribution < 1.29 is 18.7 Å². The van der Waals surface area contributed by atoms with Crippen molar-refractivity contribution in [1.82, 2.24) is 0 Å². The van der Waals surface area contributed by atoms with E-state index in [1.165, 1.54) is 42.4 Å². The van der Waals surface area contributed by atoms with Crippen LogP contribution in [-0.2, 0) is 14.3 Å². The highest BCUT2D eigenvalue weighted by atomic mass is 35.5. The van der Waals surface area contributed by atoms with Crippen LogP contribution in [0.4, 0.5) is 10.1 Å². The summed E-state index contributed by atoms with van der Waals surface area (Å²) in [6.45, 7) is 1.63. The van der Waals surface area contributed by atoms with Gasteiger partial charge < -0.3 is 4.74 Å². The monoisotopic (exact) mass is 405 g/mol. The van der Waals surface area contributed by atoms with Crippen LogP contribution >= 0.6 is 23.2 Å². The van der Waals surface area contributed by atoms with Crippen molar-refractivity contribution in [2.75, 3.05) is 12.0 Å². The number of carbonyl (C=O) groups excluding carboxylic acids is 2. The molecule has 0 saturated heterocycles. The molecule has 0 aliphatic carbocycles. The number of hydrogen-bond acceptors (Lipinski definition) is 3. The number of methoxy groups -OCH3 is 1. The molecule has 4 nitrogen and oxygen atoms in total. The van der Waals surface area contributed by atoms with Crippen molar-refractivity contribution in [3.05, 3.63) is 80.7 Å². The summed E-state index contributed by atoms with van der Waals surface area (Å²) in [5.74, 6) is -1.48. The average molecular weight is 406 g/mol. The second kappa shape index (κ2) is 7.55. The van der Waals surface area contributed by atoms with Crippen LogP contribution in [-0.4, -0.2) is 19.0 Å². The largest absolute Gasteiger partial charge is 0.465 e. The molecule has 1 heterocycles. The third-order valence-electron chi connectivity index (χ3n) is 4.08. The van der Waals surface area contributed by atoms with E-state index in [0.29, 0.717) is 27.0 Å². The predicted octanol–water partition coefficient (Wildman–Crippen LogP) is 5.01. The molecule has 0 atom stereocenters. The van der Waals surface area contributed by atoms with Crippen molar-refractivity contribution in [2.24, 2.45) is 0 Å². The Hall–Kier alpha value is -2.63. The van der Waals surface area contributed by atoms with Crippen molar-refractivity contribution in [3.63, 3.8) is 0 Å². The van der Waals surface area contributed by atoms with Crippen LogP contribution in [0.15, 0.2) is 59.3 Å². The summed E-state index contributed by atoms with van der Waals surface area (Å²) in [6.07, 6.45) is 1.52. The van der Waals surface area contributed by atoms with Crippen LogP contribution in [0.3, 0.4) is 0 Å². The molecule has 1 aliphatic heterocycles. The molecule has 27 heavy (non-hydrogen) atoms. The molecule has 2 aromatic carbocycles. The van der Waals surface area contributed by atoms with Crippen LogP contribution in [0.1, 0.15) is 12.5 Å². The third kappa shape index (κ3) is 3.75. The summed E-state index contributed by atoms with van der Waals surface area (Å²) in [6, 6.07) is 10.3. The van der Waals surface area contributed by atoms with Gasteiger partial charge in [0.2, 0.25) is 0 Å². The number of nitrogens with zero attached hydrogens (tertiary/aromatic N) is 1. The number of ether oxygens (including phenoxy) is 1. The van der Waals surface area contributed by atoms with E-state index in [9.17, 15) is 14.0 Å². The normalized spacial score (nSPS) is 15.7. The molecule has 2 aromatic rings. The Bertz CT molecular complexity index is 977.